The standard InChI is InChI=1S/C22H27FN4O4/c1-24-21(26-31-2)14-7-12-17-18(13-14)25-19(5-3-4-6-20(28)29)27(22(17)30)16-10-8-15(23)9-11-16/h7-13,20-21,24,26,28-29H,3-6H2,1-2H3. The molecule has 9 heteroatoms. The van der Waals surface area contributed by atoms with Crippen molar-refractivity contribution in [2.24, 2.45) is 0 Å². The fraction of sp³-hybridized carbons (Fsp3) is 0.364. The van der Waals surface area contributed by atoms with Gasteiger partial charge in [-0.15, -0.1) is 0 Å². The molecule has 0 radical (unpaired) electrons. The lowest BCUT2D eigenvalue weighted by atomic mass is 10.1. The maximum absolute atomic E-state index is 13.4. The molecule has 0 fully saturated rings. The number of halogens is 1. The number of aryl methyl sites for hydroxylation is 1. The molecule has 0 saturated heterocycles. The van der Waals surface area contributed by atoms with Gasteiger partial charge in [-0.25, -0.2) is 9.37 Å². The number of aliphatic hydroxyl groups is 2. The Kier molecular flexibility index (Phi) is 7.83. The molecule has 0 saturated carbocycles. The molecule has 0 amide bonds. The molecule has 0 aliphatic heterocycles. The SMILES string of the molecule is CNC(NOC)c1ccc2c(=O)n(-c3ccc(F)cc3)c(CCCCC(O)O)nc2c1. The second-order valence-corrected chi connectivity index (χ2v) is 7.19. The summed E-state index contributed by atoms with van der Waals surface area (Å²) >= 11 is 0. The Bertz CT molecular complexity index is 1070. The van der Waals surface area contributed by atoms with Gasteiger partial charge in [0.05, 0.1) is 23.7 Å². The quantitative estimate of drug-likeness (QED) is 0.221. The molecule has 3 aromatic rings. The number of benzene rings is 2. The van der Waals surface area contributed by atoms with Crippen molar-refractivity contribution >= 4 is 10.9 Å². The molecule has 8 nitrogen and oxygen atoms in total. The zero-order chi connectivity index (χ0) is 22.4. The van der Waals surface area contributed by atoms with Gasteiger partial charge in [0.1, 0.15) is 17.8 Å². The molecule has 166 valence electrons. The van der Waals surface area contributed by atoms with Crippen LogP contribution in [-0.2, 0) is 11.3 Å². The average molecular weight is 430 g/mol. The number of nitrogens with zero attached hydrogens (tertiary/aromatic N) is 2. The minimum absolute atomic E-state index is 0.241. The van der Waals surface area contributed by atoms with Crippen molar-refractivity contribution in [1.82, 2.24) is 20.3 Å². The van der Waals surface area contributed by atoms with E-state index in [-0.39, 0.29) is 18.1 Å². The first-order valence-electron chi connectivity index (χ1n) is 10.1. The molecule has 1 aromatic heterocycles. The molecular formula is C22H27FN4O4. The summed E-state index contributed by atoms with van der Waals surface area (Å²) in [5.41, 5.74) is 4.49. The van der Waals surface area contributed by atoms with E-state index in [4.69, 9.17) is 20.0 Å². The lowest BCUT2D eigenvalue weighted by molar-refractivity contribution is -0.0465. The smallest absolute Gasteiger partial charge is 0.265 e. The molecule has 0 aliphatic carbocycles. The average Bonchev–Trinajstić information content (AvgIpc) is 2.75. The molecule has 1 atom stereocenters. The zero-order valence-electron chi connectivity index (χ0n) is 17.5. The summed E-state index contributed by atoms with van der Waals surface area (Å²) in [5, 5.41) is 21.7. The maximum atomic E-state index is 13.4. The number of hydrogen-bond acceptors (Lipinski definition) is 7. The van der Waals surface area contributed by atoms with Crippen molar-refractivity contribution in [1.29, 1.82) is 0 Å². The third kappa shape index (κ3) is 5.52. The largest absolute Gasteiger partial charge is 0.368 e. The van der Waals surface area contributed by atoms with Crippen molar-refractivity contribution < 1.29 is 19.4 Å². The van der Waals surface area contributed by atoms with Crippen LogP contribution in [0.4, 0.5) is 4.39 Å². The van der Waals surface area contributed by atoms with Crippen LogP contribution in [0.1, 0.15) is 36.8 Å². The predicted octanol–water partition coefficient (Wildman–Crippen LogP) is 1.92. The highest BCUT2D eigenvalue weighted by molar-refractivity contribution is 5.79. The number of fused-ring (bicyclic) bond motifs is 1. The summed E-state index contributed by atoms with van der Waals surface area (Å²) in [5.74, 6) is 0.131. The fourth-order valence-corrected chi connectivity index (χ4v) is 3.47. The van der Waals surface area contributed by atoms with Gasteiger partial charge in [0.2, 0.25) is 0 Å². The summed E-state index contributed by atoms with van der Waals surface area (Å²) < 4.78 is 14.9. The van der Waals surface area contributed by atoms with Crippen LogP contribution >= 0.6 is 0 Å². The van der Waals surface area contributed by atoms with E-state index in [1.165, 1.54) is 23.8 Å². The van der Waals surface area contributed by atoms with E-state index >= 15 is 0 Å². The minimum atomic E-state index is -1.36. The molecule has 31 heavy (non-hydrogen) atoms. The van der Waals surface area contributed by atoms with Gasteiger partial charge in [-0.3, -0.25) is 14.7 Å². The molecule has 1 heterocycles. The van der Waals surface area contributed by atoms with Crippen LogP contribution in [0, 0.1) is 5.82 Å². The summed E-state index contributed by atoms with van der Waals surface area (Å²) in [4.78, 5) is 23.1. The van der Waals surface area contributed by atoms with E-state index in [2.05, 4.69) is 10.8 Å². The predicted molar refractivity (Wildman–Crippen MR) is 115 cm³/mol. The number of aliphatic hydroxyl groups excluding tert-OH is 1. The van der Waals surface area contributed by atoms with E-state index in [0.717, 1.165) is 5.56 Å². The Balaban J connectivity index is 2.08. The summed E-state index contributed by atoms with van der Waals surface area (Å²) in [6, 6.07) is 11.0. The van der Waals surface area contributed by atoms with Crippen molar-refractivity contribution in [2.75, 3.05) is 14.2 Å². The van der Waals surface area contributed by atoms with Crippen molar-refractivity contribution in [3.8, 4) is 5.69 Å². The van der Waals surface area contributed by atoms with Gasteiger partial charge in [0.15, 0.2) is 6.29 Å². The van der Waals surface area contributed by atoms with Crippen LogP contribution in [0.5, 0.6) is 0 Å². The Hall–Kier alpha value is -2.69. The number of hydrogen-bond donors (Lipinski definition) is 4. The van der Waals surface area contributed by atoms with E-state index < -0.39 is 12.1 Å². The zero-order valence-corrected chi connectivity index (χ0v) is 17.5. The highest BCUT2D eigenvalue weighted by Crippen LogP contribution is 2.19. The fourth-order valence-electron chi connectivity index (χ4n) is 3.47. The second kappa shape index (κ2) is 10.6. The van der Waals surface area contributed by atoms with Crippen LogP contribution in [0.2, 0.25) is 0 Å². The third-order valence-electron chi connectivity index (χ3n) is 5.02. The Morgan fingerprint density at radius 1 is 1.16 bits per heavy atom. The highest BCUT2D eigenvalue weighted by atomic mass is 19.1. The number of unbranched alkanes of at least 4 members (excludes halogenated alkanes) is 1. The van der Waals surface area contributed by atoms with Crippen LogP contribution in [0.25, 0.3) is 16.6 Å². The van der Waals surface area contributed by atoms with Gasteiger partial charge in [-0.2, -0.15) is 5.48 Å². The van der Waals surface area contributed by atoms with E-state index in [1.807, 2.05) is 12.1 Å². The molecule has 0 aliphatic rings. The maximum Gasteiger partial charge on any atom is 0.265 e. The first-order chi connectivity index (χ1) is 14.9. The van der Waals surface area contributed by atoms with Crippen LogP contribution < -0.4 is 16.4 Å². The Labute approximate surface area is 179 Å². The highest BCUT2D eigenvalue weighted by Gasteiger charge is 2.16. The molecule has 0 spiro atoms. The van der Waals surface area contributed by atoms with Gasteiger partial charge < -0.3 is 15.1 Å². The van der Waals surface area contributed by atoms with Crippen molar-refractivity contribution in [3.05, 3.63) is 70.0 Å². The number of nitrogens with one attached hydrogen (secondary N) is 2. The van der Waals surface area contributed by atoms with E-state index in [9.17, 15) is 9.18 Å². The molecule has 1 unspecified atom stereocenters. The minimum Gasteiger partial charge on any atom is -0.368 e. The monoisotopic (exact) mass is 430 g/mol. The number of aromatic nitrogens is 2. The Morgan fingerprint density at radius 2 is 1.90 bits per heavy atom. The summed E-state index contributed by atoms with van der Waals surface area (Å²) in [6.07, 6.45) is 0.217. The van der Waals surface area contributed by atoms with Gasteiger partial charge in [0.25, 0.3) is 5.56 Å². The van der Waals surface area contributed by atoms with E-state index in [1.54, 1.807) is 25.2 Å². The lowest BCUT2D eigenvalue weighted by Crippen LogP contribution is -2.31. The second-order valence-electron chi connectivity index (χ2n) is 7.19. The van der Waals surface area contributed by atoms with E-state index in [0.29, 0.717) is 41.7 Å². The van der Waals surface area contributed by atoms with Gasteiger partial charge in [0, 0.05) is 6.42 Å². The first kappa shape index (κ1) is 23.0. The third-order valence-corrected chi connectivity index (χ3v) is 5.02. The molecular weight excluding hydrogens is 403 g/mol. The van der Waals surface area contributed by atoms with Gasteiger partial charge in [-0.1, -0.05) is 6.07 Å². The molecule has 3 rings (SSSR count). The summed E-state index contributed by atoms with van der Waals surface area (Å²) in [6.45, 7) is 0. The van der Waals surface area contributed by atoms with Gasteiger partial charge >= 0.3 is 0 Å². The molecule has 4 N–H and O–H groups in total. The Morgan fingerprint density at radius 3 is 2.55 bits per heavy atom. The van der Waals surface area contributed by atoms with Gasteiger partial charge in [-0.05, 0) is 68.3 Å². The molecule has 0 bridgehead atoms. The number of hydroxylamine groups is 1. The van der Waals surface area contributed by atoms with Crippen LogP contribution in [-0.4, -0.2) is 40.2 Å². The topological polar surface area (TPSA) is 109 Å². The summed E-state index contributed by atoms with van der Waals surface area (Å²) in [7, 11) is 3.30. The molecule has 2 aromatic carbocycles. The van der Waals surface area contributed by atoms with Crippen molar-refractivity contribution in [2.45, 2.75) is 38.1 Å². The normalized spacial score (nSPS) is 12.6. The lowest BCUT2D eigenvalue weighted by Gasteiger charge is -2.18. The van der Waals surface area contributed by atoms with Crippen LogP contribution in [0.3, 0.4) is 0 Å². The first-order valence-corrected chi connectivity index (χ1v) is 10.1. The van der Waals surface area contributed by atoms with Crippen LogP contribution in [0.15, 0.2) is 47.3 Å². The van der Waals surface area contributed by atoms with Crippen molar-refractivity contribution in [3.63, 3.8) is 0 Å². The number of rotatable bonds is 10.